The Hall–Kier alpha value is -4.64. The quantitative estimate of drug-likeness (QED) is 0.431. The van der Waals surface area contributed by atoms with Crippen molar-refractivity contribution < 1.29 is 0 Å². The third-order valence-corrected chi connectivity index (χ3v) is 6.24. The molecule has 0 radical (unpaired) electrons. The molecule has 144 valence electrons. The third kappa shape index (κ3) is 2.57. The molecule has 0 spiro atoms. The van der Waals surface area contributed by atoms with Gasteiger partial charge in [-0.1, -0.05) is 60.7 Å². The number of nitrogens with zero attached hydrogens (tertiary/aromatic N) is 5. The summed E-state index contributed by atoms with van der Waals surface area (Å²) in [4.78, 5) is 5.62. The lowest BCUT2D eigenvalue weighted by Crippen LogP contribution is -1.98. The number of hydrogen-bond donors (Lipinski definition) is 1. The molecule has 0 fully saturated rings. The van der Waals surface area contributed by atoms with E-state index in [4.69, 9.17) is 5.73 Å². The Morgan fingerprint density at radius 3 is 1.97 bits per heavy atom. The van der Waals surface area contributed by atoms with Crippen LogP contribution >= 0.6 is 11.3 Å². The van der Waals surface area contributed by atoms with Crippen LogP contribution in [-0.4, -0.2) is 9.38 Å². The Balaban J connectivity index is 2.01. The fraction of sp³-hybridized carbons (Fsp3) is 0. The highest BCUT2D eigenvalue weighted by Crippen LogP contribution is 2.43. The molecule has 0 saturated heterocycles. The topological polar surface area (TPSA) is 115 Å². The Morgan fingerprint density at radius 2 is 1.42 bits per heavy atom. The summed E-state index contributed by atoms with van der Waals surface area (Å²) in [5.41, 5.74) is 10.0. The minimum Gasteiger partial charge on any atom is -0.383 e. The molecule has 0 aliphatic rings. The first-order valence-corrected chi connectivity index (χ1v) is 10.1. The maximum Gasteiger partial charge on any atom is 0.159 e. The highest BCUT2D eigenvalue weighted by atomic mass is 32.1. The van der Waals surface area contributed by atoms with Crippen LogP contribution in [0, 0.1) is 34.0 Å². The van der Waals surface area contributed by atoms with E-state index in [1.807, 2.05) is 60.7 Å². The number of thiophene rings is 1. The number of benzene rings is 2. The molecular weight excluding hydrogens is 404 g/mol. The number of aromatic nitrogens is 2. The van der Waals surface area contributed by atoms with Gasteiger partial charge in [-0.2, -0.15) is 15.8 Å². The molecule has 3 aromatic heterocycles. The van der Waals surface area contributed by atoms with Crippen LogP contribution < -0.4 is 5.73 Å². The van der Waals surface area contributed by atoms with Gasteiger partial charge in [0.25, 0.3) is 0 Å². The van der Waals surface area contributed by atoms with Gasteiger partial charge in [0.05, 0.1) is 5.39 Å². The van der Waals surface area contributed by atoms with Crippen LogP contribution in [-0.2, 0) is 0 Å². The number of nitrogen functional groups attached to an aromatic ring is 1. The van der Waals surface area contributed by atoms with Crippen molar-refractivity contribution in [1.82, 2.24) is 9.38 Å². The lowest BCUT2D eigenvalue weighted by molar-refractivity contribution is 1.18. The summed E-state index contributed by atoms with van der Waals surface area (Å²) >= 11 is 1.24. The Bertz CT molecular complexity index is 1610. The molecule has 0 atom stereocenters. The maximum atomic E-state index is 10.1. The van der Waals surface area contributed by atoms with Crippen molar-refractivity contribution in [2.75, 3.05) is 5.73 Å². The van der Waals surface area contributed by atoms with Gasteiger partial charge < -0.3 is 5.73 Å². The zero-order valence-corrected chi connectivity index (χ0v) is 16.8. The van der Waals surface area contributed by atoms with Crippen molar-refractivity contribution in [2.45, 2.75) is 0 Å². The van der Waals surface area contributed by atoms with Gasteiger partial charge in [-0.05, 0) is 11.1 Å². The zero-order chi connectivity index (χ0) is 21.5. The number of rotatable bonds is 2. The lowest BCUT2D eigenvalue weighted by Gasteiger charge is -2.05. The van der Waals surface area contributed by atoms with Crippen LogP contribution in [0.4, 0.5) is 5.82 Å². The van der Waals surface area contributed by atoms with Gasteiger partial charge in [-0.15, -0.1) is 11.3 Å². The first-order chi connectivity index (χ1) is 15.2. The van der Waals surface area contributed by atoms with Crippen molar-refractivity contribution >= 4 is 33.0 Å². The molecule has 7 heteroatoms. The largest absolute Gasteiger partial charge is 0.383 e. The van der Waals surface area contributed by atoms with Crippen molar-refractivity contribution in [3.05, 3.63) is 76.8 Å². The van der Waals surface area contributed by atoms with Gasteiger partial charge in [0, 0.05) is 11.1 Å². The molecule has 5 aromatic rings. The maximum absolute atomic E-state index is 10.1. The second-order valence-electron chi connectivity index (χ2n) is 6.81. The van der Waals surface area contributed by atoms with E-state index in [1.54, 1.807) is 4.40 Å². The first-order valence-electron chi connectivity index (χ1n) is 9.31. The van der Waals surface area contributed by atoms with Crippen LogP contribution in [0.1, 0.15) is 16.1 Å². The van der Waals surface area contributed by atoms with Crippen molar-refractivity contribution in [1.29, 1.82) is 15.8 Å². The smallest absolute Gasteiger partial charge is 0.159 e. The SMILES string of the molecule is N#Cc1sc2c(c(N)nc3c(C#N)c(-c4ccccc4)c(C#N)n32)c1-c1ccccc1. The average molecular weight is 416 g/mol. The van der Waals surface area contributed by atoms with E-state index in [1.165, 1.54) is 11.3 Å². The van der Waals surface area contributed by atoms with E-state index in [0.29, 0.717) is 37.6 Å². The van der Waals surface area contributed by atoms with Gasteiger partial charge in [-0.25, -0.2) is 4.98 Å². The molecule has 0 amide bonds. The van der Waals surface area contributed by atoms with Crippen molar-refractivity contribution in [2.24, 2.45) is 0 Å². The van der Waals surface area contributed by atoms with Crippen LogP contribution in [0.15, 0.2) is 60.7 Å². The standard InChI is InChI=1S/C24H12N6S/c25-11-16-19(14-7-3-1-4-8-14)17(12-26)30-23(16)29-22(28)21-20(15-9-5-2-6-10-15)18(13-27)31-24(21)30/h1-10H,(H2,28,29). The highest BCUT2D eigenvalue weighted by Gasteiger charge is 2.27. The van der Waals surface area contributed by atoms with E-state index in [0.717, 1.165) is 11.1 Å². The summed E-state index contributed by atoms with van der Waals surface area (Å²) in [6.07, 6.45) is 0. The molecule has 5 rings (SSSR count). The van der Waals surface area contributed by atoms with E-state index in [-0.39, 0.29) is 11.4 Å². The van der Waals surface area contributed by atoms with Gasteiger partial charge in [0.1, 0.15) is 45.0 Å². The van der Waals surface area contributed by atoms with E-state index in [9.17, 15) is 15.8 Å². The van der Waals surface area contributed by atoms with E-state index >= 15 is 0 Å². The van der Waals surface area contributed by atoms with Crippen molar-refractivity contribution in [3.8, 4) is 40.5 Å². The molecule has 3 heterocycles. The highest BCUT2D eigenvalue weighted by molar-refractivity contribution is 7.20. The number of nitrogens with two attached hydrogens (primary N) is 1. The number of nitriles is 3. The minimum atomic E-state index is 0.220. The van der Waals surface area contributed by atoms with Crippen LogP contribution in [0.25, 0.3) is 38.1 Å². The predicted molar refractivity (Wildman–Crippen MR) is 120 cm³/mol. The minimum absolute atomic E-state index is 0.220. The summed E-state index contributed by atoms with van der Waals surface area (Å²) in [5.74, 6) is 0.220. The fourth-order valence-electron chi connectivity index (χ4n) is 3.90. The van der Waals surface area contributed by atoms with Gasteiger partial charge in [0.15, 0.2) is 5.65 Å². The second-order valence-corrected chi connectivity index (χ2v) is 7.81. The molecule has 0 aliphatic heterocycles. The van der Waals surface area contributed by atoms with Gasteiger partial charge in [0.2, 0.25) is 0 Å². The van der Waals surface area contributed by atoms with Crippen LogP contribution in [0.3, 0.4) is 0 Å². The Kier molecular flexibility index (Phi) is 4.15. The number of anilines is 1. The van der Waals surface area contributed by atoms with Crippen LogP contribution in [0.2, 0.25) is 0 Å². The molecule has 2 N–H and O–H groups in total. The molecule has 0 bridgehead atoms. The van der Waals surface area contributed by atoms with E-state index < -0.39 is 0 Å². The molecule has 0 aliphatic carbocycles. The molecule has 0 saturated carbocycles. The van der Waals surface area contributed by atoms with E-state index in [2.05, 4.69) is 23.2 Å². The summed E-state index contributed by atoms with van der Waals surface area (Å²) in [7, 11) is 0. The number of hydrogen-bond acceptors (Lipinski definition) is 6. The van der Waals surface area contributed by atoms with Crippen LogP contribution in [0.5, 0.6) is 0 Å². The zero-order valence-electron chi connectivity index (χ0n) is 16.0. The Morgan fingerprint density at radius 1 is 0.806 bits per heavy atom. The summed E-state index contributed by atoms with van der Waals surface area (Å²) in [6.45, 7) is 0. The summed E-state index contributed by atoms with van der Waals surface area (Å²) in [6, 6.07) is 25.5. The fourth-order valence-corrected chi connectivity index (χ4v) is 5.04. The van der Waals surface area contributed by atoms with Gasteiger partial charge in [-0.3, -0.25) is 4.40 Å². The third-order valence-electron chi connectivity index (χ3n) is 5.17. The lowest BCUT2D eigenvalue weighted by atomic mass is 10.0. The average Bonchev–Trinajstić information content (AvgIpc) is 3.36. The molecule has 31 heavy (non-hydrogen) atoms. The monoisotopic (exact) mass is 416 g/mol. The van der Waals surface area contributed by atoms with Crippen molar-refractivity contribution in [3.63, 3.8) is 0 Å². The molecule has 6 nitrogen and oxygen atoms in total. The predicted octanol–water partition coefficient (Wildman–Crippen LogP) is 5.08. The normalized spacial score (nSPS) is 10.6. The summed E-state index contributed by atoms with van der Waals surface area (Å²) in [5, 5.41) is 30.4. The summed E-state index contributed by atoms with van der Waals surface area (Å²) < 4.78 is 1.66. The molecule has 0 unspecified atom stereocenters. The van der Waals surface area contributed by atoms with Gasteiger partial charge >= 0.3 is 0 Å². The Labute approximate surface area is 181 Å². The first kappa shape index (κ1) is 18.4. The molecular formula is C24H12N6S. The molecule has 2 aromatic carbocycles. The number of fused-ring (bicyclic) bond motifs is 3. The second kappa shape index (κ2) is 7.00.